The highest BCUT2D eigenvalue weighted by molar-refractivity contribution is 5.90. The third kappa shape index (κ3) is 2.03. The predicted molar refractivity (Wildman–Crippen MR) is 52.5 cm³/mol. The molecule has 1 aliphatic heterocycles. The Morgan fingerprint density at radius 2 is 2.24 bits per heavy atom. The minimum atomic E-state index is -1.19. The normalized spacial score (nSPS) is 32.9. The van der Waals surface area contributed by atoms with Gasteiger partial charge in [-0.25, -0.2) is 9.55 Å². The summed E-state index contributed by atoms with van der Waals surface area (Å²) in [5.41, 5.74) is 5.22. The lowest BCUT2D eigenvalue weighted by atomic mass is 10.1. The minimum absolute atomic E-state index is 0.155. The lowest BCUT2D eigenvalue weighted by molar-refractivity contribution is -0.764. The molecule has 0 bridgehead atoms. The van der Waals surface area contributed by atoms with Gasteiger partial charge in [0.2, 0.25) is 18.2 Å². The summed E-state index contributed by atoms with van der Waals surface area (Å²) in [5.74, 6) is -0.643. The van der Waals surface area contributed by atoms with E-state index >= 15 is 0 Å². The van der Waals surface area contributed by atoms with E-state index in [1.54, 1.807) is 0 Å². The Kier molecular flexibility index (Phi) is 3.11. The van der Waals surface area contributed by atoms with Crippen molar-refractivity contribution in [2.75, 3.05) is 6.61 Å². The number of nitrogens with two attached hydrogens (primary N) is 1. The highest BCUT2D eigenvalue weighted by Crippen LogP contribution is 2.24. The van der Waals surface area contributed by atoms with Gasteiger partial charge in [0.15, 0.2) is 0 Å². The van der Waals surface area contributed by atoms with E-state index in [1.807, 2.05) is 0 Å². The van der Waals surface area contributed by atoms with Crippen LogP contribution in [0, 0.1) is 0 Å². The van der Waals surface area contributed by atoms with Gasteiger partial charge in [-0.15, -0.1) is 0 Å². The molecule has 4 atom stereocenters. The van der Waals surface area contributed by atoms with E-state index < -0.39 is 37.1 Å². The highest BCUT2D eigenvalue weighted by atomic mass is 16.6. The minimum Gasteiger partial charge on any atom is -0.394 e. The topological polar surface area (TPSA) is 133 Å². The summed E-state index contributed by atoms with van der Waals surface area (Å²) in [6, 6.07) is 0. The van der Waals surface area contributed by atoms with E-state index in [9.17, 15) is 15.0 Å². The van der Waals surface area contributed by atoms with Crippen molar-refractivity contribution in [2.45, 2.75) is 24.5 Å². The van der Waals surface area contributed by atoms with Crippen molar-refractivity contribution in [1.29, 1.82) is 0 Å². The molecule has 0 radical (unpaired) electrons. The summed E-state index contributed by atoms with van der Waals surface area (Å²) in [4.78, 5) is 13.5. The molecule has 0 spiro atoms. The SMILES string of the molecule is NC(=O)c1c[n+]([C@@H]2O[C@H](CO)[C@@H](O)[C@H]2O)c[nH]1. The Hall–Kier alpha value is -1.48. The second kappa shape index (κ2) is 4.41. The van der Waals surface area contributed by atoms with Gasteiger partial charge in [-0.2, -0.15) is 0 Å². The average Bonchev–Trinajstić information content (AvgIpc) is 2.87. The molecule has 8 heteroatoms. The van der Waals surface area contributed by atoms with Crippen molar-refractivity contribution >= 4 is 5.91 Å². The molecular formula is C9H14N3O5+. The van der Waals surface area contributed by atoms with Crippen LogP contribution in [0.15, 0.2) is 12.5 Å². The molecule has 1 aromatic heterocycles. The predicted octanol–water partition coefficient (Wildman–Crippen LogP) is -2.99. The maximum absolute atomic E-state index is 10.9. The number of H-pyrrole nitrogens is 1. The van der Waals surface area contributed by atoms with Crippen LogP contribution in [0.25, 0.3) is 0 Å². The summed E-state index contributed by atoms with van der Waals surface area (Å²) in [5, 5.41) is 28.2. The number of ether oxygens (including phenoxy) is 1. The number of nitrogens with one attached hydrogen (secondary N) is 1. The van der Waals surface area contributed by atoms with Crippen LogP contribution in [0.5, 0.6) is 0 Å². The molecular weight excluding hydrogens is 230 g/mol. The van der Waals surface area contributed by atoms with Crippen molar-refractivity contribution in [3.63, 3.8) is 0 Å². The number of rotatable bonds is 3. The number of carbonyl (C=O) groups is 1. The van der Waals surface area contributed by atoms with E-state index in [0.717, 1.165) is 0 Å². The molecule has 6 N–H and O–H groups in total. The zero-order valence-electron chi connectivity index (χ0n) is 8.85. The van der Waals surface area contributed by atoms with Gasteiger partial charge in [0.1, 0.15) is 24.5 Å². The monoisotopic (exact) mass is 244 g/mol. The molecule has 8 nitrogen and oxygen atoms in total. The first-order valence-electron chi connectivity index (χ1n) is 5.06. The number of aromatic nitrogens is 2. The Morgan fingerprint density at radius 1 is 1.53 bits per heavy atom. The Bertz CT molecular complexity index is 421. The molecule has 1 amide bonds. The fraction of sp³-hybridized carbons (Fsp3) is 0.556. The van der Waals surface area contributed by atoms with E-state index in [1.165, 1.54) is 17.1 Å². The van der Waals surface area contributed by atoms with Crippen LogP contribution in [0.3, 0.4) is 0 Å². The van der Waals surface area contributed by atoms with E-state index in [4.69, 9.17) is 15.6 Å². The molecule has 2 rings (SSSR count). The van der Waals surface area contributed by atoms with Gasteiger partial charge in [-0.05, 0) is 0 Å². The van der Waals surface area contributed by atoms with Crippen LogP contribution in [0.1, 0.15) is 16.7 Å². The van der Waals surface area contributed by atoms with E-state index in [0.29, 0.717) is 0 Å². The number of imidazole rings is 1. The Balaban J connectivity index is 2.19. The van der Waals surface area contributed by atoms with Gasteiger partial charge in [0.05, 0.1) is 6.61 Å². The number of aliphatic hydroxyl groups is 3. The van der Waals surface area contributed by atoms with Crippen molar-refractivity contribution in [1.82, 2.24) is 4.98 Å². The molecule has 1 aromatic rings. The first-order chi connectivity index (χ1) is 8.04. The summed E-state index contributed by atoms with van der Waals surface area (Å²) in [6.07, 6.45) is -1.33. The number of aromatic amines is 1. The van der Waals surface area contributed by atoms with Gasteiger partial charge >= 0.3 is 0 Å². The van der Waals surface area contributed by atoms with Gasteiger partial charge < -0.3 is 25.8 Å². The number of aliphatic hydroxyl groups excluding tert-OH is 3. The molecule has 0 saturated carbocycles. The molecule has 2 heterocycles. The van der Waals surface area contributed by atoms with Gasteiger partial charge in [0.25, 0.3) is 5.91 Å². The molecule has 0 aromatic carbocycles. The van der Waals surface area contributed by atoms with Crippen LogP contribution in [-0.2, 0) is 4.74 Å². The fourth-order valence-corrected chi connectivity index (χ4v) is 1.78. The van der Waals surface area contributed by atoms with Crippen molar-refractivity contribution in [3.05, 3.63) is 18.2 Å². The fourth-order valence-electron chi connectivity index (χ4n) is 1.78. The van der Waals surface area contributed by atoms with Crippen LogP contribution in [0.2, 0.25) is 0 Å². The number of carbonyl (C=O) groups excluding carboxylic acids is 1. The lowest BCUT2D eigenvalue weighted by Crippen LogP contribution is -2.44. The Morgan fingerprint density at radius 3 is 2.71 bits per heavy atom. The standard InChI is InChI=1S/C9H13N3O5/c10-8(16)4-1-12(3-11-4)9-7(15)6(14)5(2-13)17-9/h1,3,5-7,9,13-15H,2H2,(H2,10,16)/p+1/t5-,6-,7-,9-/m1/s1. The summed E-state index contributed by atoms with van der Waals surface area (Å²) < 4.78 is 6.63. The second-order valence-electron chi connectivity index (χ2n) is 3.86. The number of hydrogen-bond donors (Lipinski definition) is 5. The first kappa shape index (κ1) is 12.0. The summed E-state index contributed by atoms with van der Waals surface area (Å²) in [7, 11) is 0. The average molecular weight is 244 g/mol. The molecule has 94 valence electrons. The molecule has 1 aliphatic rings. The summed E-state index contributed by atoms with van der Waals surface area (Å²) >= 11 is 0. The van der Waals surface area contributed by atoms with Crippen LogP contribution >= 0.6 is 0 Å². The van der Waals surface area contributed by atoms with Crippen LogP contribution < -0.4 is 10.3 Å². The molecule has 0 aliphatic carbocycles. The van der Waals surface area contributed by atoms with Gasteiger partial charge in [-0.3, -0.25) is 4.79 Å². The zero-order chi connectivity index (χ0) is 12.6. The second-order valence-corrected chi connectivity index (χ2v) is 3.86. The smallest absolute Gasteiger partial charge is 0.292 e. The highest BCUT2D eigenvalue weighted by Gasteiger charge is 2.46. The third-order valence-electron chi connectivity index (χ3n) is 2.72. The van der Waals surface area contributed by atoms with Gasteiger partial charge in [0, 0.05) is 0 Å². The number of hydrogen-bond acceptors (Lipinski definition) is 5. The molecule has 17 heavy (non-hydrogen) atoms. The van der Waals surface area contributed by atoms with Crippen molar-refractivity contribution in [3.8, 4) is 0 Å². The Labute approximate surface area is 96.3 Å². The lowest BCUT2D eigenvalue weighted by Gasteiger charge is -2.10. The quantitative estimate of drug-likeness (QED) is 0.362. The molecule has 0 unspecified atom stereocenters. The van der Waals surface area contributed by atoms with E-state index in [2.05, 4.69) is 4.98 Å². The number of nitrogens with zero attached hydrogens (tertiary/aromatic N) is 1. The maximum Gasteiger partial charge on any atom is 0.292 e. The number of primary amides is 1. The van der Waals surface area contributed by atoms with Crippen LogP contribution in [0.4, 0.5) is 0 Å². The molecule has 1 fully saturated rings. The zero-order valence-corrected chi connectivity index (χ0v) is 8.85. The van der Waals surface area contributed by atoms with E-state index in [-0.39, 0.29) is 5.69 Å². The van der Waals surface area contributed by atoms with Crippen LogP contribution in [-0.4, -0.2) is 51.1 Å². The van der Waals surface area contributed by atoms with Crippen molar-refractivity contribution in [2.24, 2.45) is 5.73 Å². The largest absolute Gasteiger partial charge is 0.394 e. The third-order valence-corrected chi connectivity index (χ3v) is 2.72. The summed E-state index contributed by atoms with van der Waals surface area (Å²) in [6.45, 7) is -0.400. The first-order valence-corrected chi connectivity index (χ1v) is 5.06. The number of amides is 1. The maximum atomic E-state index is 10.9. The van der Waals surface area contributed by atoms with Crippen molar-refractivity contribution < 1.29 is 29.4 Å². The van der Waals surface area contributed by atoms with Gasteiger partial charge in [-0.1, -0.05) is 0 Å². The molecule has 1 saturated heterocycles.